The molecule has 1 heterocycles. The number of aryl methyl sites for hydroxylation is 1. The van der Waals surface area contributed by atoms with Crippen molar-refractivity contribution in [2.24, 2.45) is 0 Å². The van der Waals surface area contributed by atoms with E-state index in [1.54, 1.807) is 14.2 Å². The van der Waals surface area contributed by atoms with Crippen LogP contribution in [0.3, 0.4) is 0 Å². The fourth-order valence-corrected chi connectivity index (χ4v) is 5.80. The van der Waals surface area contributed by atoms with Crippen molar-refractivity contribution in [3.8, 4) is 17.2 Å². The third kappa shape index (κ3) is 5.71. The Hall–Kier alpha value is -4.52. The van der Waals surface area contributed by atoms with Gasteiger partial charge in [-0.1, -0.05) is 35.9 Å². The van der Waals surface area contributed by atoms with E-state index in [0.29, 0.717) is 53.5 Å². The highest BCUT2D eigenvalue weighted by atomic mass is 16.5. The summed E-state index contributed by atoms with van der Waals surface area (Å²) in [5.41, 5.74) is 6.38. The number of dihydropyridines is 1. The number of hydrogen-bond acceptors (Lipinski definition) is 6. The van der Waals surface area contributed by atoms with Gasteiger partial charge in [0.15, 0.2) is 17.3 Å². The highest BCUT2D eigenvalue weighted by Gasteiger charge is 2.41. The lowest BCUT2D eigenvalue weighted by atomic mass is 9.71. The molecule has 3 aromatic rings. The lowest BCUT2D eigenvalue weighted by Gasteiger charge is -2.37. The van der Waals surface area contributed by atoms with E-state index >= 15 is 0 Å². The summed E-state index contributed by atoms with van der Waals surface area (Å²) in [6.45, 7) is 6.35. The molecule has 1 aliphatic carbocycles. The Morgan fingerprint density at radius 3 is 2.39 bits per heavy atom. The average molecular weight is 553 g/mol. The van der Waals surface area contributed by atoms with Gasteiger partial charge in [0, 0.05) is 40.6 Å². The summed E-state index contributed by atoms with van der Waals surface area (Å²) < 4.78 is 16.7. The molecule has 0 unspecified atom stereocenters. The number of nitrogens with one attached hydrogen (secondary N) is 2. The topological polar surface area (TPSA) is 85.9 Å². The number of carbonyl (C=O) groups is 2. The van der Waals surface area contributed by atoms with Gasteiger partial charge in [0.25, 0.3) is 5.91 Å². The maximum Gasteiger partial charge on any atom is 0.254 e. The maximum atomic E-state index is 14.0. The molecule has 0 fully saturated rings. The van der Waals surface area contributed by atoms with E-state index in [4.69, 9.17) is 14.2 Å². The minimum atomic E-state index is -0.532. The first kappa shape index (κ1) is 28.0. The molecule has 1 amide bonds. The molecule has 2 aliphatic rings. The van der Waals surface area contributed by atoms with Crippen LogP contribution >= 0.6 is 0 Å². The van der Waals surface area contributed by atoms with E-state index < -0.39 is 5.92 Å². The van der Waals surface area contributed by atoms with Crippen LogP contribution in [0.15, 0.2) is 89.3 Å². The Morgan fingerprint density at radius 2 is 1.68 bits per heavy atom. The third-order valence-electron chi connectivity index (χ3n) is 7.76. The summed E-state index contributed by atoms with van der Waals surface area (Å²) in [5.74, 6) is 1.17. The zero-order chi connectivity index (χ0) is 29.1. The fourth-order valence-electron chi connectivity index (χ4n) is 5.80. The molecule has 0 spiro atoms. The van der Waals surface area contributed by atoms with Crippen molar-refractivity contribution in [3.63, 3.8) is 0 Å². The lowest BCUT2D eigenvalue weighted by molar-refractivity contribution is -0.116. The predicted molar refractivity (Wildman–Crippen MR) is 160 cm³/mol. The number of rotatable bonds is 8. The smallest absolute Gasteiger partial charge is 0.254 e. The van der Waals surface area contributed by atoms with Gasteiger partial charge in [-0.25, -0.2) is 0 Å². The number of ketones is 1. The molecule has 0 saturated carbocycles. The summed E-state index contributed by atoms with van der Waals surface area (Å²) >= 11 is 0. The Kier molecular flexibility index (Phi) is 8.15. The molecule has 5 rings (SSSR count). The number of hydrogen-bond donors (Lipinski definition) is 2. The predicted octanol–water partition coefficient (Wildman–Crippen LogP) is 6.41. The van der Waals surface area contributed by atoms with E-state index in [9.17, 15) is 9.59 Å². The van der Waals surface area contributed by atoms with Gasteiger partial charge in [0.2, 0.25) is 0 Å². The first-order valence-corrected chi connectivity index (χ1v) is 13.9. The molecular weight excluding hydrogens is 516 g/mol. The van der Waals surface area contributed by atoms with Gasteiger partial charge in [-0.05, 0) is 80.6 Å². The van der Waals surface area contributed by atoms with E-state index in [-0.39, 0.29) is 17.6 Å². The lowest BCUT2D eigenvalue weighted by Crippen LogP contribution is -2.37. The number of methoxy groups -OCH3 is 2. The second-order valence-corrected chi connectivity index (χ2v) is 10.5. The van der Waals surface area contributed by atoms with Crippen LogP contribution in [0, 0.1) is 6.92 Å². The molecule has 212 valence electrons. The Labute approximate surface area is 241 Å². The van der Waals surface area contributed by atoms with E-state index in [0.717, 1.165) is 28.1 Å². The zero-order valence-electron chi connectivity index (χ0n) is 24.2. The second kappa shape index (κ2) is 11.9. The number of allylic oxidation sites excluding steroid dienone is 3. The number of Topliss-reactive ketones (excluding diaryl/α,β-unsaturated/α-hetero) is 1. The highest BCUT2D eigenvalue weighted by molar-refractivity contribution is 6.10. The van der Waals surface area contributed by atoms with Gasteiger partial charge in [-0.15, -0.1) is 0 Å². The van der Waals surface area contributed by atoms with Crippen LogP contribution in [-0.2, 0) is 9.59 Å². The molecular formula is C34H36N2O5. The number of amides is 1. The number of anilines is 1. The van der Waals surface area contributed by atoms with Crippen molar-refractivity contribution in [3.05, 3.63) is 106 Å². The first-order chi connectivity index (χ1) is 19.8. The van der Waals surface area contributed by atoms with Crippen molar-refractivity contribution in [1.29, 1.82) is 0 Å². The molecule has 2 N–H and O–H groups in total. The van der Waals surface area contributed by atoms with Gasteiger partial charge in [-0.2, -0.15) is 0 Å². The molecule has 1 aliphatic heterocycles. The van der Waals surface area contributed by atoms with Gasteiger partial charge < -0.3 is 24.8 Å². The molecule has 0 radical (unpaired) electrons. The minimum Gasteiger partial charge on any atom is -0.494 e. The standard InChI is InChI=1S/C34H36N2O5/c1-6-41-26-9-7-8-23(16-26)32-31(34(38)36-25-13-10-20(2)11-14-25)21(3)35-27-17-24(18-28(37)33(27)32)22-12-15-29(39-4)30(19-22)40-5/h7-16,19,24,32,35H,6,17-18H2,1-5H3,(H,36,38)/t24-,32-/m0/s1. The van der Waals surface area contributed by atoms with Crippen LogP contribution in [0.2, 0.25) is 0 Å². The van der Waals surface area contributed by atoms with Crippen LogP contribution < -0.4 is 24.8 Å². The molecule has 0 bridgehead atoms. The van der Waals surface area contributed by atoms with Crippen molar-refractivity contribution in [2.45, 2.75) is 45.4 Å². The molecule has 7 nitrogen and oxygen atoms in total. The Morgan fingerprint density at radius 1 is 0.927 bits per heavy atom. The van der Waals surface area contributed by atoms with Crippen LogP contribution in [-0.4, -0.2) is 32.5 Å². The number of carbonyl (C=O) groups excluding carboxylic acids is 2. The van der Waals surface area contributed by atoms with Crippen LogP contribution in [0.1, 0.15) is 55.2 Å². The van der Waals surface area contributed by atoms with Gasteiger partial charge in [0.1, 0.15) is 5.75 Å². The highest BCUT2D eigenvalue weighted by Crippen LogP contribution is 2.47. The van der Waals surface area contributed by atoms with Crippen molar-refractivity contribution in [2.75, 3.05) is 26.1 Å². The second-order valence-electron chi connectivity index (χ2n) is 10.5. The summed E-state index contributed by atoms with van der Waals surface area (Å²) in [7, 11) is 3.21. The largest absolute Gasteiger partial charge is 0.494 e. The van der Waals surface area contributed by atoms with Crippen molar-refractivity contribution < 1.29 is 23.8 Å². The van der Waals surface area contributed by atoms with Crippen LogP contribution in [0.5, 0.6) is 17.2 Å². The number of ether oxygens (including phenoxy) is 3. The minimum absolute atomic E-state index is 0.0125. The molecule has 3 aromatic carbocycles. The maximum absolute atomic E-state index is 14.0. The number of benzene rings is 3. The SMILES string of the molecule is CCOc1cccc([C@H]2C(C(=O)Nc3ccc(C)cc3)=C(C)NC3=C2C(=O)C[C@@H](c2ccc(OC)c(OC)c2)C3)c1. The van der Waals surface area contributed by atoms with E-state index in [1.165, 1.54) is 0 Å². The molecule has 7 heteroatoms. The normalized spacial score (nSPS) is 18.4. The van der Waals surface area contributed by atoms with Gasteiger partial charge >= 0.3 is 0 Å². The van der Waals surface area contributed by atoms with Crippen molar-refractivity contribution >= 4 is 17.4 Å². The Bertz CT molecular complexity index is 1540. The average Bonchev–Trinajstić information content (AvgIpc) is 2.97. The Balaban J connectivity index is 1.55. The quantitative estimate of drug-likeness (QED) is 0.336. The summed E-state index contributed by atoms with van der Waals surface area (Å²) in [6, 6.07) is 21.2. The monoisotopic (exact) mass is 552 g/mol. The summed E-state index contributed by atoms with van der Waals surface area (Å²) in [6.07, 6.45) is 0.950. The first-order valence-electron chi connectivity index (χ1n) is 13.9. The molecule has 0 aromatic heterocycles. The van der Waals surface area contributed by atoms with Crippen molar-refractivity contribution in [1.82, 2.24) is 5.32 Å². The van der Waals surface area contributed by atoms with E-state index in [2.05, 4.69) is 10.6 Å². The molecule has 41 heavy (non-hydrogen) atoms. The summed E-state index contributed by atoms with van der Waals surface area (Å²) in [4.78, 5) is 27.9. The zero-order valence-corrected chi connectivity index (χ0v) is 24.2. The van der Waals surface area contributed by atoms with E-state index in [1.807, 2.05) is 87.5 Å². The molecule has 2 atom stereocenters. The van der Waals surface area contributed by atoms with Crippen LogP contribution in [0.4, 0.5) is 5.69 Å². The van der Waals surface area contributed by atoms with Gasteiger partial charge in [-0.3, -0.25) is 9.59 Å². The van der Waals surface area contributed by atoms with Crippen LogP contribution in [0.25, 0.3) is 0 Å². The summed E-state index contributed by atoms with van der Waals surface area (Å²) in [5, 5.41) is 6.50. The third-order valence-corrected chi connectivity index (χ3v) is 7.76. The molecule has 0 saturated heterocycles. The fraction of sp³-hybridized carbons (Fsp3) is 0.294. The van der Waals surface area contributed by atoms with Gasteiger partial charge in [0.05, 0.1) is 20.8 Å².